The lowest BCUT2D eigenvalue weighted by Gasteiger charge is -2.18. The minimum atomic E-state index is -0.359. The number of benzene rings is 1. The first-order valence-electron chi connectivity index (χ1n) is 6.26. The lowest BCUT2D eigenvalue weighted by Crippen LogP contribution is -2.17. The lowest BCUT2D eigenvalue weighted by atomic mass is 9.87. The molecule has 0 aromatic heterocycles. The highest BCUT2D eigenvalue weighted by molar-refractivity contribution is 6.30. The van der Waals surface area contributed by atoms with Crippen LogP contribution in [-0.2, 0) is 0 Å². The van der Waals surface area contributed by atoms with Crippen LogP contribution in [0, 0.1) is 11.7 Å². The molecule has 3 N–H and O–H groups in total. The van der Waals surface area contributed by atoms with Gasteiger partial charge in [0.1, 0.15) is 5.82 Å². The average molecular weight is 269 g/mol. The first-order chi connectivity index (χ1) is 8.60. The quantitative estimate of drug-likeness (QED) is 0.879. The van der Waals surface area contributed by atoms with Crippen LogP contribution in [-0.4, -0.2) is 6.54 Å². The molecule has 0 fully saturated rings. The third kappa shape index (κ3) is 2.96. The Morgan fingerprint density at radius 1 is 1.56 bits per heavy atom. The van der Waals surface area contributed by atoms with Crippen molar-refractivity contribution in [2.24, 2.45) is 11.7 Å². The average Bonchev–Trinajstić information content (AvgIpc) is 2.75. The third-order valence-electron chi connectivity index (χ3n) is 3.48. The normalized spacial score (nSPS) is 20.4. The molecule has 1 aliphatic rings. The fourth-order valence-corrected chi connectivity index (χ4v) is 2.63. The molecule has 1 aliphatic heterocycles. The van der Waals surface area contributed by atoms with Gasteiger partial charge in [0.25, 0.3) is 0 Å². The SMILES string of the molecule is CCC(C[C@H]1C=C(N)NC1)c1ccc(F)c(Cl)c1. The second-order valence-electron chi connectivity index (χ2n) is 4.78. The van der Waals surface area contributed by atoms with Crippen molar-refractivity contribution in [3.05, 3.63) is 46.5 Å². The van der Waals surface area contributed by atoms with E-state index in [1.165, 1.54) is 6.07 Å². The van der Waals surface area contributed by atoms with Gasteiger partial charge < -0.3 is 11.1 Å². The van der Waals surface area contributed by atoms with E-state index < -0.39 is 0 Å². The summed E-state index contributed by atoms with van der Waals surface area (Å²) in [7, 11) is 0. The molecule has 1 aromatic carbocycles. The molecule has 0 amide bonds. The summed E-state index contributed by atoms with van der Waals surface area (Å²) in [6.07, 6.45) is 4.08. The highest BCUT2D eigenvalue weighted by atomic mass is 35.5. The fraction of sp³-hybridized carbons (Fsp3) is 0.429. The molecular formula is C14H18ClFN2. The van der Waals surface area contributed by atoms with Crippen molar-refractivity contribution in [1.29, 1.82) is 0 Å². The Hall–Kier alpha value is -1.22. The van der Waals surface area contributed by atoms with Gasteiger partial charge in [-0.05, 0) is 48.4 Å². The molecule has 0 saturated carbocycles. The molecule has 1 heterocycles. The Balaban J connectivity index is 2.10. The van der Waals surface area contributed by atoms with Crippen molar-refractivity contribution in [1.82, 2.24) is 5.32 Å². The van der Waals surface area contributed by atoms with E-state index in [1.54, 1.807) is 6.07 Å². The highest BCUT2D eigenvalue weighted by Gasteiger charge is 2.19. The minimum absolute atomic E-state index is 0.200. The van der Waals surface area contributed by atoms with Gasteiger partial charge in [-0.1, -0.05) is 24.6 Å². The molecule has 4 heteroatoms. The predicted octanol–water partition coefficient (Wildman–Crippen LogP) is 3.38. The summed E-state index contributed by atoms with van der Waals surface area (Å²) in [5.41, 5.74) is 6.80. The number of nitrogens with one attached hydrogen (secondary N) is 1. The first-order valence-corrected chi connectivity index (χ1v) is 6.64. The van der Waals surface area contributed by atoms with Crippen LogP contribution in [0.25, 0.3) is 0 Å². The molecule has 0 aliphatic carbocycles. The molecule has 1 unspecified atom stereocenters. The van der Waals surface area contributed by atoms with E-state index in [2.05, 4.69) is 18.3 Å². The maximum Gasteiger partial charge on any atom is 0.141 e. The van der Waals surface area contributed by atoms with Gasteiger partial charge in [0.2, 0.25) is 0 Å². The Morgan fingerprint density at radius 2 is 2.33 bits per heavy atom. The second-order valence-corrected chi connectivity index (χ2v) is 5.18. The maximum atomic E-state index is 13.2. The number of halogens is 2. The van der Waals surface area contributed by atoms with Crippen LogP contribution < -0.4 is 11.1 Å². The van der Waals surface area contributed by atoms with Crippen molar-refractivity contribution in [3.8, 4) is 0 Å². The van der Waals surface area contributed by atoms with Crippen LogP contribution in [0.2, 0.25) is 5.02 Å². The van der Waals surface area contributed by atoms with E-state index >= 15 is 0 Å². The Kier molecular flexibility index (Phi) is 4.12. The van der Waals surface area contributed by atoms with Crippen LogP contribution in [0.3, 0.4) is 0 Å². The third-order valence-corrected chi connectivity index (χ3v) is 3.77. The van der Waals surface area contributed by atoms with E-state index in [0.717, 1.165) is 30.8 Å². The standard InChI is InChI=1S/C14H18ClFN2/c1-2-10(5-9-6-14(17)18-8-9)11-3-4-13(16)12(15)7-11/h3-4,6-7,9-10,18H,2,5,8,17H2,1H3/t9-,10?/m0/s1. The smallest absolute Gasteiger partial charge is 0.141 e. The summed E-state index contributed by atoms with van der Waals surface area (Å²) in [5, 5.41) is 3.32. The number of hydrogen-bond donors (Lipinski definition) is 2. The zero-order chi connectivity index (χ0) is 13.1. The molecular weight excluding hydrogens is 251 g/mol. The summed E-state index contributed by atoms with van der Waals surface area (Å²) in [6, 6.07) is 5.00. The summed E-state index contributed by atoms with van der Waals surface area (Å²) in [4.78, 5) is 0. The maximum absolute atomic E-state index is 13.2. The summed E-state index contributed by atoms with van der Waals surface area (Å²) in [6.45, 7) is 3.02. The van der Waals surface area contributed by atoms with E-state index in [-0.39, 0.29) is 10.8 Å². The second kappa shape index (κ2) is 5.61. The van der Waals surface area contributed by atoms with Crippen molar-refractivity contribution >= 4 is 11.6 Å². The van der Waals surface area contributed by atoms with Gasteiger partial charge in [-0.15, -0.1) is 0 Å². The number of nitrogens with two attached hydrogens (primary N) is 1. The molecule has 18 heavy (non-hydrogen) atoms. The Morgan fingerprint density at radius 3 is 2.89 bits per heavy atom. The number of rotatable bonds is 4. The largest absolute Gasteiger partial charge is 0.386 e. The zero-order valence-electron chi connectivity index (χ0n) is 10.4. The monoisotopic (exact) mass is 268 g/mol. The molecule has 0 radical (unpaired) electrons. The van der Waals surface area contributed by atoms with Crippen molar-refractivity contribution in [2.75, 3.05) is 6.54 Å². The van der Waals surface area contributed by atoms with Gasteiger partial charge in [-0.3, -0.25) is 0 Å². The van der Waals surface area contributed by atoms with Gasteiger partial charge in [-0.25, -0.2) is 4.39 Å². The summed E-state index contributed by atoms with van der Waals surface area (Å²) < 4.78 is 13.2. The van der Waals surface area contributed by atoms with E-state index in [1.807, 2.05) is 6.07 Å². The summed E-state index contributed by atoms with van der Waals surface area (Å²) >= 11 is 5.84. The molecule has 2 atom stereocenters. The fourth-order valence-electron chi connectivity index (χ4n) is 2.44. The Labute approximate surface area is 112 Å². The zero-order valence-corrected chi connectivity index (χ0v) is 11.2. The van der Waals surface area contributed by atoms with E-state index in [4.69, 9.17) is 17.3 Å². The molecule has 1 aromatic rings. The lowest BCUT2D eigenvalue weighted by molar-refractivity contribution is 0.501. The number of hydrogen-bond acceptors (Lipinski definition) is 2. The van der Waals surface area contributed by atoms with Crippen LogP contribution in [0.15, 0.2) is 30.1 Å². The predicted molar refractivity (Wildman–Crippen MR) is 72.8 cm³/mol. The van der Waals surface area contributed by atoms with Gasteiger partial charge in [-0.2, -0.15) is 0 Å². The molecule has 0 spiro atoms. The minimum Gasteiger partial charge on any atom is -0.386 e. The van der Waals surface area contributed by atoms with Gasteiger partial charge in [0.15, 0.2) is 0 Å². The van der Waals surface area contributed by atoms with Gasteiger partial charge in [0, 0.05) is 6.54 Å². The molecule has 2 rings (SSSR count). The molecule has 98 valence electrons. The highest BCUT2D eigenvalue weighted by Crippen LogP contribution is 2.31. The van der Waals surface area contributed by atoms with Crippen LogP contribution >= 0.6 is 11.6 Å². The van der Waals surface area contributed by atoms with Crippen molar-refractivity contribution in [2.45, 2.75) is 25.7 Å². The first kappa shape index (κ1) is 13.2. The van der Waals surface area contributed by atoms with Crippen molar-refractivity contribution in [3.63, 3.8) is 0 Å². The molecule has 2 nitrogen and oxygen atoms in total. The van der Waals surface area contributed by atoms with Gasteiger partial charge in [0.05, 0.1) is 10.8 Å². The molecule has 0 bridgehead atoms. The topological polar surface area (TPSA) is 38.0 Å². The van der Waals surface area contributed by atoms with E-state index in [9.17, 15) is 4.39 Å². The van der Waals surface area contributed by atoms with Crippen molar-refractivity contribution < 1.29 is 4.39 Å². The van der Waals surface area contributed by atoms with Crippen LogP contribution in [0.5, 0.6) is 0 Å². The van der Waals surface area contributed by atoms with Crippen LogP contribution in [0.4, 0.5) is 4.39 Å². The molecule has 0 saturated heterocycles. The van der Waals surface area contributed by atoms with Crippen LogP contribution in [0.1, 0.15) is 31.2 Å². The summed E-state index contributed by atoms with van der Waals surface area (Å²) in [5.74, 6) is 1.23. The van der Waals surface area contributed by atoms with Gasteiger partial charge >= 0.3 is 0 Å². The van der Waals surface area contributed by atoms with E-state index in [0.29, 0.717) is 11.8 Å². The Bertz CT molecular complexity index is 459.